The number of amides is 2. The van der Waals surface area contributed by atoms with E-state index in [-0.39, 0.29) is 24.5 Å². The van der Waals surface area contributed by atoms with E-state index in [1.54, 1.807) is 4.90 Å². The lowest BCUT2D eigenvalue weighted by molar-refractivity contribution is -0.118. The molecule has 1 atom stereocenters. The quantitative estimate of drug-likeness (QED) is 0.390. The number of ether oxygens (including phenoxy) is 1. The van der Waals surface area contributed by atoms with Gasteiger partial charge in [-0.25, -0.2) is 13.6 Å². The van der Waals surface area contributed by atoms with E-state index >= 15 is 0 Å². The molecule has 2 aliphatic heterocycles. The van der Waals surface area contributed by atoms with Crippen molar-refractivity contribution < 1.29 is 23.1 Å². The Morgan fingerprint density at radius 3 is 2.49 bits per heavy atom. The van der Waals surface area contributed by atoms with Crippen LogP contribution < -0.4 is 5.32 Å². The third-order valence-electron chi connectivity index (χ3n) is 7.41. The van der Waals surface area contributed by atoms with E-state index in [0.29, 0.717) is 18.0 Å². The predicted molar refractivity (Wildman–Crippen MR) is 139 cm³/mol. The average molecular weight is 514 g/mol. The van der Waals surface area contributed by atoms with Gasteiger partial charge in [-0.2, -0.15) is 0 Å². The van der Waals surface area contributed by atoms with Crippen molar-refractivity contribution in [2.45, 2.75) is 57.9 Å². The Bertz CT molecular complexity index is 1090. The van der Waals surface area contributed by atoms with Gasteiger partial charge in [0.25, 0.3) is 0 Å². The molecule has 0 bridgehead atoms. The summed E-state index contributed by atoms with van der Waals surface area (Å²) in [6.07, 6.45) is 4.64. The molecule has 2 saturated heterocycles. The molecule has 6 nitrogen and oxygen atoms in total. The van der Waals surface area contributed by atoms with Gasteiger partial charge >= 0.3 is 6.09 Å². The number of benzene rings is 2. The van der Waals surface area contributed by atoms with E-state index < -0.39 is 17.7 Å². The molecule has 4 rings (SSSR count). The van der Waals surface area contributed by atoms with Crippen LogP contribution >= 0.6 is 0 Å². The van der Waals surface area contributed by atoms with Crippen LogP contribution in [0.4, 0.5) is 19.3 Å². The van der Waals surface area contributed by atoms with Gasteiger partial charge < -0.3 is 15.0 Å². The van der Waals surface area contributed by atoms with E-state index in [0.717, 1.165) is 69.6 Å². The number of cyclic esters (lactones) is 1. The third kappa shape index (κ3) is 7.06. The maximum absolute atomic E-state index is 13.7. The number of likely N-dealkylation sites (tertiary alicyclic amines) is 1. The first-order valence-electron chi connectivity index (χ1n) is 13.3. The Morgan fingerprint density at radius 1 is 1.00 bits per heavy atom. The highest BCUT2D eigenvalue weighted by Crippen LogP contribution is 2.31. The summed E-state index contributed by atoms with van der Waals surface area (Å²) in [6.45, 7) is 7.59. The fourth-order valence-electron chi connectivity index (χ4n) is 5.13. The summed E-state index contributed by atoms with van der Waals surface area (Å²) in [6, 6.07) is 11.6. The number of rotatable bonds is 10. The first-order chi connectivity index (χ1) is 17.8. The molecule has 2 aromatic rings. The number of carbonyl (C=O) groups excluding carboxylic acids is 2. The van der Waals surface area contributed by atoms with E-state index in [2.05, 4.69) is 22.3 Å². The lowest BCUT2D eigenvalue weighted by Crippen LogP contribution is -2.34. The molecule has 0 spiro atoms. The molecule has 0 unspecified atom stereocenters. The van der Waals surface area contributed by atoms with Crippen molar-refractivity contribution in [1.29, 1.82) is 0 Å². The Balaban J connectivity index is 1.17. The molecule has 37 heavy (non-hydrogen) atoms. The van der Waals surface area contributed by atoms with Crippen LogP contribution in [0.2, 0.25) is 0 Å². The minimum atomic E-state index is -0.911. The summed E-state index contributed by atoms with van der Waals surface area (Å²) in [5, 5.41) is 3.00. The van der Waals surface area contributed by atoms with Crippen LogP contribution in [0, 0.1) is 17.6 Å². The highest BCUT2D eigenvalue weighted by atomic mass is 19.2. The number of carbonyl (C=O) groups is 2. The maximum Gasteiger partial charge on any atom is 0.410 e. The largest absolute Gasteiger partial charge is 0.447 e. The van der Waals surface area contributed by atoms with Crippen molar-refractivity contribution >= 4 is 17.7 Å². The topological polar surface area (TPSA) is 61.9 Å². The van der Waals surface area contributed by atoms with E-state index in [9.17, 15) is 18.4 Å². The van der Waals surface area contributed by atoms with Crippen LogP contribution in [0.15, 0.2) is 42.5 Å². The normalized spacial score (nSPS) is 18.9. The Labute approximate surface area is 218 Å². The standard InChI is InChI=1S/C29H37F2N3O3/c1-20(2)28(35)32-24-8-6-7-22(17-24)21-11-15-33(16-12-21)13-4-3-5-14-34-27(19-37-29(34)36)23-9-10-25(30)26(31)18-23/h6-10,17-18,20-21,27H,3-5,11-16,19H2,1-2H3,(H,32,35)/t27-/m1/s1. The molecular weight excluding hydrogens is 476 g/mol. The van der Waals surface area contributed by atoms with Crippen LogP contribution in [0.1, 0.15) is 69.0 Å². The van der Waals surface area contributed by atoms with Gasteiger partial charge in [0, 0.05) is 18.2 Å². The highest BCUT2D eigenvalue weighted by molar-refractivity contribution is 5.92. The van der Waals surface area contributed by atoms with Gasteiger partial charge in [0.05, 0.1) is 6.04 Å². The van der Waals surface area contributed by atoms with Crippen molar-refractivity contribution in [2.24, 2.45) is 5.92 Å². The minimum absolute atomic E-state index is 0.0356. The molecule has 2 aromatic carbocycles. The molecule has 0 saturated carbocycles. The summed E-state index contributed by atoms with van der Waals surface area (Å²) < 4.78 is 32.1. The molecule has 200 valence electrons. The van der Waals surface area contributed by atoms with Crippen molar-refractivity contribution in [3.05, 3.63) is 65.2 Å². The number of halogens is 2. The predicted octanol–water partition coefficient (Wildman–Crippen LogP) is 6.10. The fraction of sp³-hybridized carbons (Fsp3) is 0.517. The van der Waals surface area contributed by atoms with Gasteiger partial charge in [0.15, 0.2) is 11.6 Å². The Hall–Kier alpha value is -3.00. The monoisotopic (exact) mass is 513 g/mol. The summed E-state index contributed by atoms with van der Waals surface area (Å²) in [4.78, 5) is 28.3. The number of hydrogen-bond acceptors (Lipinski definition) is 4. The maximum atomic E-state index is 13.7. The van der Waals surface area contributed by atoms with E-state index in [4.69, 9.17) is 4.74 Å². The van der Waals surface area contributed by atoms with Gasteiger partial charge in [-0.05, 0) is 86.6 Å². The number of nitrogens with one attached hydrogen (secondary N) is 1. The molecule has 2 heterocycles. The Morgan fingerprint density at radius 2 is 1.76 bits per heavy atom. The SMILES string of the molecule is CC(C)C(=O)Nc1cccc(C2CCN(CCCCCN3C(=O)OC[C@@H]3c3ccc(F)c(F)c3)CC2)c1. The van der Waals surface area contributed by atoms with Crippen molar-refractivity contribution in [3.8, 4) is 0 Å². The minimum Gasteiger partial charge on any atom is -0.447 e. The van der Waals surface area contributed by atoms with Crippen molar-refractivity contribution in [1.82, 2.24) is 9.80 Å². The first kappa shape index (κ1) is 27.0. The second-order valence-corrected chi connectivity index (χ2v) is 10.4. The van der Waals surface area contributed by atoms with Gasteiger partial charge in [-0.15, -0.1) is 0 Å². The lowest BCUT2D eigenvalue weighted by Gasteiger charge is -2.32. The van der Waals surface area contributed by atoms with Gasteiger partial charge in [-0.1, -0.05) is 38.5 Å². The van der Waals surface area contributed by atoms with Crippen LogP contribution in [-0.4, -0.2) is 54.6 Å². The molecule has 8 heteroatoms. The molecule has 2 aliphatic rings. The number of piperidine rings is 1. The van der Waals surface area contributed by atoms with Crippen LogP contribution in [0.25, 0.3) is 0 Å². The second kappa shape index (κ2) is 12.5. The van der Waals surface area contributed by atoms with Crippen LogP contribution in [-0.2, 0) is 9.53 Å². The number of unbranched alkanes of at least 4 members (excludes halogenated alkanes) is 2. The summed E-state index contributed by atoms with van der Waals surface area (Å²) >= 11 is 0. The van der Waals surface area contributed by atoms with Crippen molar-refractivity contribution in [3.63, 3.8) is 0 Å². The smallest absolute Gasteiger partial charge is 0.410 e. The molecule has 2 fully saturated rings. The molecule has 0 radical (unpaired) electrons. The van der Waals surface area contributed by atoms with E-state index in [1.807, 2.05) is 26.0 Å². The number of hydrogen-bond donors (Lipinski definition) is 1. The average Bonchev–Trinajstić information content (AvgIpc) is 3.26. The summed E-state index contributed by atoms with van der Waals surface area (Å²) in [7, 11) is 0. The zero-order chi connectivity index (χ0) is 26.4. The second-order valence-electron chi connectivity index (χ2n) is 10.4. The zero-order valence-electron chi connectivity index (χ0n) is 21.7. The first-order valence-corrected chi connectivity index (χ1v) is 13.3. The molecule has 2 amide bonds. The number of anilines is 1. The van der Waals surface area contributed by atoms with Gasteiger partial charge in [0.1, 0.15) is 6.61 Å². The molecule has 0 aromatic heterocycles. The number of nitrogens with zero attached hydrogens (tertiary/aromatic N) is 2. The van der Waals surface area contributed by atoms with Gasteiger partial charge in [0.2, 0.25) is 5.91 Å². The van der Waals surface area contributed by atoms with E-state index in [1.165, 1.54) is 11.6 Å². The highest BCUT2D eigenvalue weighted by Gasteiger charge is 2.34. The van der Waals surface area contributed by atoms with Crippen LogP contribution in [0.3, 0.4) is 0 Å². The van der Waals surface area contributed by atoms with Gasteiger partial charge in [-0.3, -0.25) is 9.69 Å². The fourth-order valence-corrected chi connectivity index (χ4v) is 5.13. The molecule has 1 N–H and O–H groups in total. The van der Waals surface area contributed by atoms with Crippen molar-refractivity contribution in [2.75, 3.05) is 38.1 Å². The Kier molecular flexibility index (Phi) is 9.14. The van der Waals surface area contributed by atoms with Crippen LogP contribution in [0.5, 0.6) is 0 Å². The zero-order valence-corrected chi connectivity index (χ0v) is 21.7. The third-order valence-corrected chi connectivity index (χ3v) is 7.41. The summed E-state index contributed by atoms with van der Waals surface area (Å²) in [5.41, 5.74) is 2.71. The molecular formula is C29H37F2N3O3. The lowest BCUT2D eigenvalue weighted by atomic mass is 9.89. The molecule has 0 aliphatic carbocycles. The summed E-state index contributed by atoms with van der Waals surface area (Å²) in [5.74, 6) is -1.31.